The Kier molecular flexibility index (Phi) is 5.01. The number of rotatable bonds is 2. The van der Waals surface area contributed by atoms with Crippen LogP contribution in [0.3, 0.4) is 0 Å². The lowest BCUT2D eigenvalue weighted by molar-refractivity contribution is 0.0438. The van der Waals surface area contributed by atoms with Crippen LogP contribution < -0.4 is 5.73 Å². The molecule has 68 valence electrons. The maximum Gasteiger partial charge on any atom is 0.0483 e. The summed E-state index contributed by atoms with van der Waals surface area (Å²) in [5, 5.41) is 8.66. The van der Waals surface area contributed by atoms with Gasteiger partial charge in [0.15, 0.2) is 0 Å². The van der Waals surface area contributed by atoms with Gasteiger partial charge in [-0.2, -0.15) is 0 Å². The Balaban J connectivity index is 0.000001000. The summed E-state index contributed by atoms with van der Waals surface area (Å²) in [5.41, 5.74) is 5.78. The zero-order chi connectivity index (χ0) is 7.45. The van der Waals surface area contributed by atoms with Crippen molar-refractivity contribution >= 4 is 12.4 Å². The highest BCUT2D eigenvalue weighted by Gasteiger charge is 2.26. The first-order valence-electron chi connectivity index (χ1n) is 3.74. The van der Waals surface area contributed by atoms with E-state index in [4.69, 9.17) is 15.6 Å². The molecule has 0 aromatic rings. The van der Waals surface area contributed by atoms with Crippen LogP contribution in [-0.2, 0) is 4.74 Å². The molecule has 0 aromatic carbocycles. The Morgan fingerprint density at radius 1 is 1.36 bits per heavy atom. The molecule has 3 nitrogen and oxygen atoms in total. The van der Waals surface area contributed by atoms with Crippen molar-refractivity contribution < 1.29 is 9.84 Å². The molecule has 11 heavy (non-hydrogen) atoms. The third-order valence-electron chi connectivity index (χ3n) is 2.10. The van der Waals surface area contributed by atoms with Crippen molar-refractivity contribution in [1.29, 1.82) is 0 Å². The molecule has 0 bridgehead atoms. The molecule has 0 aliphatic carbocycles. The smallest absolute Gasteiger partial charge is 0.0483 e. The highest BCUT2D eigenvalue weighted by molar-refractivity contribution is 5.85. The van der Waals surface area contributed by atoms with E-state index in [1.54, 1.807) is 0 Å². The lowest BCUT2D eigenvalue weighted by Crippen LogP contribution is -2.45. The molecule has 1 fully saturated rings. The standard InChI is InChI=1S/C7H15NO2.ClH/c8-7(1-4-9)2-5-10-6-3-7;/h9H,1-6,8H2;1H. The lowest BCUT2D eigenvalue weighted by Gasteiger charge is -2.32. The van der Waals surface area contributed by atoms with Crippen LogP contribution in [0, 0.1) is 0 Å². The Hall–Kier alpha value is 0.170. The Labute approximate surface area is 73.3 Å². The van der Waals surface area contributed by atoms with Gasteiger partial charge in [0.2, 0.25) is 0 Å². The maximum atomic E-state index is 8.66. The number of aliphatic hydroxyl groups is 1. The number of halogens is 1. The summed E-state index contributed by atoms with van der Waals surface area (Å²) in [6, 6.07) is 0. The first-order chi connectivity index (χ1) is 4.77. The number of hydrogen-bond acceptors (Lipinski definition) is 3. The molecule has 0 spiro atoms. The number of hydrogen-bond donors (Lipinski definition) is 2. The quantitative estimate of drug-likeness (QED) is 0.645. The first kappa shape index (κ1) is 11.2. The van der Waals surface area contributed by atoms with Crippen LogP contribution in [0.25, 0.3) is 0 Å². The predicted molar refractivity (Wildman–Crippen MR) is 45.9 cm³/mol. The predicted octanol–water partition coefficient (Wildman–Crippen LogP) is 0.298. The number of ether oxygens (including phenoxy) is 1. The summed E-state index contributed by atoms with van der Waals surface area (Å²) < 4.78 is 5.15. The van der Waals surface area contributed by atoms with Gasteiger partial charge in [0, 0.05) is 25.4 Å². The van der Waals surface area contributed by atoms with E-state index in [-0.39, 0.29) is 24.6 Å². The van der Waals surface area contributed by atoms with Crippen molar-refractivity contribution in [3.8, 4) is 0 Å². The van der Waals surface area contributed by atoms with Crippen LogP contribution in [0.1, 0.15) is 19.3 Å². The Bertz CT molecular complexity index is 99.1. The normalized spacial score (nSPS) is 22.4. The molecule has 1 rings (SSSR count). The lowest BCUT2D eigenvalue weighted by atomic mass is 9.88. The minimum absolute atomic E-state index is 0. The van der Waals surface area contributed by atoms with Gasteiger partial charge in [-0.1, -0.05) is 0 Å². The van der Waals surface area contributed by atoms with Gasteiger partial charge in [-0.15, -0.1) is 12.4 Å². The van der Waals surface area contributed by atoms with Gasteiger partial charge in [0.05, 0.1) is 0 Å². The van der Waals surface area contributed by atoms with Gasteiger partial charge >= 0.3 is 0 Å². The van der Waals surface area contributed by atoms with E-state index in [2.05, 4.69) is 0 Å². The molecule has 4 heteroatoms. The van der Waals surface area contributed by atoms with Crippen molar-refractivity contribution in [1.82, 2.24) is 0 Å². The van der Waals surface area contributed by atoms with Gasteiger partial charge < -0.3 is 15.6 Å². The molecule has 0 amide bonds. The first-order valence-corrected chi connectivity index (χ1v) is 3.74. The van der Waals surface area contributed by atoms with Gasteiger partial charge in [0.25, 0.3) is 0 Å². The van der Waals surface area contributed by atoms with E-state index in [9.17, 15) is 0 Å². The van der Waals surface area contributed by atoms with Crippen molar-refractivity contribution in [2.45, 2.75) is 24.8 Å². The van der Waals surface area contributed by atoms with Crippen molar-refractivity contribution in [3.05, 3.63) is 0 Å². The summed E-state index contributed by atoms with van der Waals surface area (Å²) in [4.78, 5) is 0. The summed E-state index contributed by atoms with van der Waals surface area (Å²) in [6.45, 7) is 1.68. The second-order valence-electron chi connectivity index (χ2n) is 2.95. The third-order valence-corrected chi connectivity index (χ3v) is 2.10. The third kappa shape index (κ3) is 3.38. The minimum Gasteiger partial charge on any atom is -0.396 e. The molecule has 1 aliphatic rings. The number of nitrogens with two attached hydrogens (primary N) is 1. The van der Waals surface area contributed by atoms with Crippen molar-refractivity contribution in [3.63, 3.8) is 0 Å². The molecule has 0 saturated carbocycles. The monoisotopic (exact) mass is 181 g/mol. The SMILES string of the molecule is Cl.NC1(CCO)CCOCC1. The van der Waals surface area contributed by atoms with E-state index >= 15 is 0 Å². The highest BCUT2D eigenvalue weighted by atomic mass is 35.5. The molecule has 0 aromatic heterocycles. The fourth-order valence-electron chi connectivity index (χ4n) is 1.25. The molecular weight excluding hydrogens is 166 g/mol. The fourth-order valence-corrected chi connectivity index (χ4v) is 1.25. The fraction of sp³-hybridized carbons (Fsp3) is 1.00. The summed E-state index contributed by atoms with van der Waals surface area (Å²) in [6.07, 6.45) is 2.47. The molecule has 1 aliphatic heterocycles. The zero-order valence-corrected chi connectivity index (χ0v) is 7.40. The average Bonchev–Trinajstić information content (AvgIpc) is 1.89. The van der Waals surface area contributed by atoms with Crippen molar-refractivity contribution in [2.24, 2.45) is 5.73 Å². The second kappa shape index (κ2) is 4.93. The largest absolute Gasteiger partial charge is 0.396 e. The number of aliphatic hydroxyl groups excluding tert-OH is 1. The van der Waals surface area contributed by atoms with Crippen LogP contribution in [0.5, 0.6) is 0 Å². The van der Waals surface area contributed by atoms with E-state index in [0.717, 1.165) is 26.1 Å². The van der Waals surface area contributed by atoms with Crippen LogP contribution in [0.15, 0.2) is 0 Å². The van der Waals surface area contributed by atoms with Crippen LogP contribution in [0.4, 0.5) is 0 Å². The zero-order valence-electron chi connectivity index (χ0n) is 6.58. The maximum absolute atomic E-state index is 8.66. The Morgan fingerprint density at radius 3 is 2.36 bits per heavy atom. The van der Waals surface area contributed by atoms with E-state index in [0.29, 0.717) is 6.42 Å². The van der Waals surface area contributed by atoms with Crippen molar-refractivity contribution in [2.75, 3.05) is 19.8 Å². The molecule has 1 saturated heterocycles. The summed E-state index contributed by atoms with van der Waals surface area (Å²) >= 11 is 0. The van der Waals surface area contributed by atoms with Gasteiger partial charge in [-0.25, -0.2) is 0 Å². The molecule has 0 unspecified atom stereocenters. The highest BCUT2D eigenvalue weighted by Crippen LogP contribution is 2.20. The minimum atomic E-state index is -0.146. The van der Waals surface area contributed by atoms with Gasteiger partial charge in [-0.3, -0.25) is 0 Å². The Morgan fingerprint density at radius 2 is 1.91 bits per heavy atom. The van der Waals surface area contributed by atoms with Crippen LogP contribution >= 0.6 is 12.4 Å². The van der Waals surface area contributed by atoms with E-state index in [1.807, 2.05) is 0 Å². The topological polar surface area (TPSA) is 55.5 Å². The van der Waals surface area contributed by atoms with Crippen LogP contribution in [0.2, 0.25) is 0 Å². The molecule has 0 radical (unpaired) electrons. The van der Waals surface area contributed by atoms with E-state index in [1.165, 1.54) is 0 Å². The summed E-state index contributed by atoms with van der Waals surface area (Å²) in [5.74, 6) is 0. The van der Waals surface area contributed by atoms with Crippen LogP contribution in [-0.4, -0.2) is 30.5 Å². The van der Waals surface area contributed by atoms with Gasteiger partial charge in [0.1, 0.15) is 0 Å². The summed E-state index contributed by atoms with van der Waals surface area (Å²) in [7, 11) is 0. The van der Waals surface area contributed by atoms with Gasteiger partial charge in [-0.05, 0) is 19.3 Å². The second-order valence-corrected chi connectivity index (χ2v) is 2.95. The average molecular weight is 182 g/mol. The molecular formula is C7H16ClNO2. The van der Waals surface area contributed by atoms with E-state index < -0.39 is 0 Å². The molecule has 1 heterocycles. The molecule has 3 N–H and O–H groups in total. The molecule has 0 atom stereocenters.